The average molecular weight is 260 g/mol. The molecule has 0 atom stereocenters. The van der Waals surface area contributed by atoms with Crippen LogP contribution in [0.2, 0.25) is 10.6 Å². The van der Waals surface area contributed by atoms with Gasteiger partial charge >= 0.3 is 0 Å². The maximum atomic E-state index is 5.80. The number of aromatic nitrogens is 3. The molecule has 0 unspecified atom stereocenters. The Morgan fingerprint density at radius 3 is 1.81 bits per heavy atom. The normalized spacial score (nSPS) is 19.1. The van der Waals surface area contributed by atoms with E-state index in [2.05, 4.69) is 15.0 Å². The first kappa shape index (κ1) is 12.1. The maximum Gasteiger partial charge on any atom is 0.226 e. The van der Waals surface area contributed by atoms with Gasteiger partial charge in [-0.05, 0) is 36.0 Å². The van der Waals surface area contributed by atoms with Crippen molar-refractivity contribution in [3.63, 3.8) is 0 Å². The molecule has 1 aliphatic carbocycles. The van der Waals surface area contributed by atoms with E-state index in [1.165, 1.54) is 32.1 Å². The van der Waals surface area contributed by atoms with Crippen molar-refractivity contribution in [1.29, 1.82) is 0 Å². The summed E-state index contributed by atoms with van der Waals surface area (Å²) in [4.78, 5) is 12.2. The van der Waals surface area contributed by atoms with Crippen LogP contribution in [0.3, 0.4) is 0 Å². The molecule has 0 aromatic carbocycles. The molecule has 1 aromatic heterocycles. The van der Waals surface area contributed by atoms with Crippen LogP contribution in [-0.4, -0.2) is 15.0 Å². The van der Waals surface area contributed by atoms with Crippen LogP contribution in [0.1, 0.15) is 56.7 Å². The Morgan fingerprint density at radius 2 is 1.25 bits per heavy atom. The van der Waals surface area contributed by atoms with Gasteiger partial charge in [-0.2, -0.15) is 4.98 Å². The zero-order valence-electron chi connectivity index (χ0n) is 9.12. The summed E-state index contributed by atoms with van der Waals surface area (Å²) in [6.07, 6.45) is 8.72. The van der Waals surface area contributed by atoms with E-state index in [0.717, 1.165) is 18.7 Å². The third-order valence-electron chi connectivity index (χ3n) is 3.07. The second-order valence-electron chi connectivity index (χ2n) is 4.27. The molecule has 16 heavy (non-hydrogen) atoms. The van der Waals surface area contributed by atoms with Crippen molar-refractivity contribution < 1.29 is 0 Å². The van der Waals surface area contributed by atoms with Crippen LogP contribution in [0, 0.1) is 0 Å². The molecule has 0 radical (unpaired) electrons. The van der Waals surface area contributed by atoms with Crippen LogP contribution < -0.4 is 0 Å². The van der Waals surface area contributed by atoms with E-state index in [0.29, 0.717) is 5.92 Å². The lowest BCUT2D eigenvalue weighted by molar-refractivity contribution is 0.441. The molecule has 1 fully saturated rings. The molecular weight excluding hydrogens is 245 g/mol. The lowest BCUT2D eigenvalue weighted by Gasteiger charge is -2.18. The largest absolute Gasteiger partial charge is 0.226 e. The van der Waals surface area contributed by atoms with Gasteiger partial charge in [-0.3, -0.25) is 0 Å². The average Bonchev–Trinajstić information content (AvgIpc) is 2.14. The third-order valence-corrected chi connectivity index (χ3v) is 3.41. The van der Waals surface area contributed by atoms with Crippen LogP contribution in [0.25, 0.3) is 0 Å². The first-order valence-electron chi connectivity index (χ1n) is 5.82. The van der Waals surface area contributed by atoms with Crippen LogP contribution >= 0.6 is 23.2 Å². The third kappa shape index (κ3) is 3.29. The summed E-state index contributed by atoms with van der Waals surface area (Å²) in [7, 11) is 0. The minimum atomic E-state index is 0.206. The summed E-state index contributed by atoms with van der Waals surface area (Å²) in [5.41, 5.74) is 0. The fourth-order valence-corrected chi connectivity index (χ4v) is 2.61. The van der Waals surface area contributed by atoms with Crippen molar-refractivity contribution in [2.45, 2.75) is 50.9 Å². The molecule has 0 spiro atoms. The van der Waals surface area contributed by atoms with Gasteiger partial charge in [0, 0.05) is 5.92 Å². The molecule has 1 aliphatic rings. The van der Waals surface area contributed by atoms with Gasteiger partial charge in [0.05, 0.1) is 0 Å². The van der Waals surface area contributed by atoms with Gasteiger partial charge in [0.1, 0.15) is 5.82 Å². The number of hydrogen-bond acceptors (Lipinski definition) is 3. The van der Waals surface area contributed by atoms with Gasteiger partial charge in [0.25, 0.3) is 0 Å². The second-order valence-corrected chi connectivity index (χ2v) is 4.95. The number of rotatable bonds is 1. The molecule has 88 valence electrons. The van der Waals surface area contributed by atoms with Gasteiger partial charge < -0.3 is 0 Å². The number of halogens is 2. The first-order valence-corrected chi connectivity index (χ1v) is 6.58. The molecule has 5 heteroatoms. The topological polar surface area (TPSA) is 38.7 Å². The maximum absolute atomic E-state index is 5.80. The molecule has 0 N–H and O–H groups in total. The molecule has 1 saturated carbocycles. The Hall–Kier alpha value is -0.410. The predicted octanol–water partition coefficient (Wildman–Crippen LogP) is 4.01. The second kappa shape index (κ2) is 5.78. The zero-order valence-corrected chi connectivity index (χ0v) is 10.6. The molecule has 1 heterocycles. The standard InChI is InChI=1S/C11H15Cl2N3/c12-10-14-9(15-11(13)16-10)8-6-4-2-1-3-5-7-8/h8H,1-7H2. The van der Waals surface area contributed by atoms with Crippen LogP contribution in [0.4, 0.5) is 0 Å². The molecule has 0 aliphatic heterocycles. The highest BCUT2D eigenvalue weighted by Gasteiger charge is 2.17. The van der Waals surface area contributed by atoms with E-state index >= 15 is 0 Å². The monoisotopic (exact) mass is 259 g/mol. The fourth-order valence-electron chi connectivity index (χ4n) is 2.24. The Balaban J connectivity index is 2.13. The summed E-state index contributed by atoms with van der Waals surface area (Å²) >= 11 is 11.6. The number of nitrogens with zero attached hydrogens (tertiary/aromatic N) is 3. The molecule has 2 rings (SSSR count). The molecule has 1 aromatic rings. The molecular formula is C11H15Cl2N3. The summed E-state index contributed by atoms with van der Waals surface area (Å²) in [5, 5.41) is 0.411. The van der Waals surface area contributed by atoms with Crippen LogP contribution in [-0.2, 0) is 0 Å². The molecule has 0 saturated heterocycles. The van der Waals surface area contributed by atoms with E-state index in [9.17, 15) is 0 Å². The van der Waals surface area contributed by atoms with Crippen molar-refractivity contribution >= 4 is 23.2 Å². The SMILES string of the molecule is Clc1nc(Cl)nc(C2CCCCCCC2)n1. The summed E-state index contributed by atoms with van der Waals surface area (Å²) in [6, 6.07) is 0. The van der Waals surface area contributed by atoms with E-state index in [1.807, 2.05) is 0 Å². The summed E-state index contributed by atoms with van der Waals surface area (Å²) in [6.45, 7) is 0. The van der Waals surface area contributed by atoms with Gasteiger partial charge in [0.2, 0.25) is 10.6 Å². The fraction of sp³-hybridized carbons (Fsp3) is 0.727. The predicted molar refractivity (Wildman–Crippen MR) is 64.9 cm³/mol. The van der Waals surface area contributed by atoms with Crippen LogP contribution in [0.15, 0.2) is 0 Å². The lowest BCUT2D eigenvalue weighted by atomic mass is 9.91. The minimum Gasteiger partial charge on any atom is -0.202 e. The van der Waals surface area contributed by atoms with Crippen molar-refractivity contribution in [3.8, 4) is 0 Å². The molecule has 3 nitrogen and oxygen atoms in total. The minimum absolute atomic E-state index is 0.206. The highest BCUT2D eigenvalue weighted by Crippen LogP contribution is 2.29. The molecule has 0 amide bonds. The van der Waals surface area contributed by atoms with E-state index in [4.69, 9.17) is 23.2 Å². The Bertz CT molecular complexity index is 329. The molecule has 0 bridgehead atoms. The summed E-state index contributed by atoms with van der Waals surface area (Å²) < 4.78 is 0. The van der Waals surface area contributed by atoms with Gasteiger partial charge in [-0.15, -0.1) is 0 Å². The van der Waals surface area contributed by atoms with Crippen molar-refractivity contribution in [2.24, 2.45) is 0 Å². The van der Waals surface area contributed by atoms with Crippen LogP contribution in [0.5, 0.6) is 0 Å². The highest BCUT2D eigenvalue weighted by molar-refractivity contribution is 6.31. The van der Waals surface area contributed by atoms with E-state index < -0.39 is 0 Å². The van der Waals surface area contributed by atoms with Crippen molar-refractivity contribution in [1.82, 2.24) is 15.0 Å². The van der Waals surface area contributed by atoms with Gasteiger partial charge in [-0.25, -0.2) is 9.97 Å². The smallest absolute Gasteiger partial charge is 0.202 e. The highest BCUT2D eigenvalue weighted by atomic mass is 35.5. The first-order chi connectivity index (χ1) is 7.75. The number of hydrogen-bond donors (Lipinski definition) is 0. The van der Waals surface area contributed by atoms with E-state index in [-0.39, 0.29) is 10.6 Å². The quantitative estimate of drug-likeness (QED) is 0.765. The Kier molecular flexibility index (Phi) is 4.36. The lowest BCUT2D eigenvalue weighted by Crippen LogP contribution is -2.08. The van der Waals surface area contributed by atoms with Gasteiger partial charge in [0.15, 0.2) is 0 Å². The van der Waals surface area contributed by atoms with Crippen molar-refractivity contribution in [3.05, 3.63) is 16.4 Å². The zero-order chi connectivity index (χ0) is 11.4. The van der Waals surface area contributed by atoms with Crippen molar-refractivity contribution in [2.75, 3.05) is 0 Å². The van der Waals surface area contributed by atoms with Gasteiger partial charge in [-0.1, -0.05) is 32.1 Å². The Morgan fingerprint density at radius 1 is 0.750 bits per heavy atom. The Labute approximate surface area is 106 Å². The summed E-state index contributed by atoms with van der Waals surface area (Å²) in [5.74, 6) is 1.17. The van der Waals surface area contributed by atoms with E-state index in [1.54, 1.807) is 0 Å².